The Morgan fingerprint density at radius 3 is 2.36 bits per heavy atom. The third-order valence-corrected chi connectivity index (χ3v) is 7.07. The lowest BCUT2D eigenvalue weighted by Crippen LogP contribution is -2.49. The number of hydrogen-bond acceptors (Lipinski definition) is 9. The van der Waals surface area contributed by atoms with Crippen molar-refractivity contribution in [3.63, 3.8) is 0 Å². The number of carbonyl (C=O) groups is 6. The fourth-order valence-corrected chi connectivity index (χ4v) is 4.82. The molecule has 0 radical (unpaired) electrons. The third kappa shape index (κ3) is 11.4. The second-order valence-electron chi connectivity index (χ2n) is 9.42. The molecule has 6 N–H and O–H groups in total. The maximum absolute atomic E-state index is 12.4. The number of thioether (sulfide) groups is 1. The summed E-state index contributed by atoms with van der Waals surface area (Å²) in [5.41, 5.74) is 5.37. The Morgan fingerprint density at radius 1 is 1.11 bits per heavy atom. The van der Waals surface area contributed by atoms with Crippen LogP contribution in [0.5, 0.6) is 0 Å². The minimum atomic E-state index is -1.29. The fraction of sp³-hybridized carbons (Fsp3) is 0.739. The predicted octanol–water partition coefficient (Wildman–Crippen LogP) is 0.170. The second kappa shape index (κ2) is 15.4. The van der Waals surface area contributed by atoms with Crippen LogP contribution in [0, 0.1) is 17.8 Å². The van der Waals surface area contributed by atoms with Gasteiger partial charge in [0.2, 0.25) is 17.6 Å². The molecule has 0 bridgehead atoms. The first-order valence-electron chi connectivity index (χ1n) is 11.9. The van der Waals surface area contributed by atoms with Crippen molar-refractivity contribution in [2.75, 3.05) is 18.1 Å². The van der Waals surface area contributed by atoms with Crippen LogP contribution in [0.4, 0.5) is 0 Å². The molecule has 0 aromatic carbocycles. The van der Waals surface area contributed by atoms with Crippen LogP contribution in [0.2, 0.25) is 0 Å². The summed E-state index contributed by atoms with van der Waals surface area (Å²) in [6, 6.07) is -2.47. The first kappa shape index (κ1) is 31.4. The number of carboxylic acid groups (broad SMARTS) is 2. The Morgan fingerprint density at radius 2 is 1.78 bits per heavy atom. The molecule has 0 heterocycles. The highest BCUT2D eigenvalue weighted by Crippen LogP contribution is 2.35. The normalized spacial score (nSPS) is 21.2. The number of carbonyl (C=O) groups excluding carboxylic acids is 4. The van der Waals surface area contributed by atoms with Crippen molar-refractivity contribution in [1.82, 2.24) is 10.6 Å². The monoisotopic (exact) mass is 531 g/mol. The SMILES string of the molecule is CC1CCC(C(C)C)C(OC(=O)C(=O)CSCC(NC(=O)CCC(N)C(=O)O)C(=O)NCC(=O)O)C1. The molecule has 36 heavy (non-hydrogen) atoms. The number of rotatable bonds is 15. The van der Waals surface area contributed by atoms with Crippen molar-refractivity contribution in [2.45, 2.75) is 71.1 Å². The van der Waals surface area contributed by atoms with E-state index < -0.39 is 54.1 Å². The van der Waals surface area contributed by atoms with Crippen molar-refractivity contribution in [3.8, 4) is 0 Å². The molecule has 1 fully saturated rings. The maximum Gasteiger partial charge on any atom is 0.375 e. The van der Waals surface area contributed by atoms with Crippen LogP contribution in [-0.4, -0.2) is 82.0 Å². The molecule has 5 atom stereocenters. The van der Waals surface area contributed by atoms with E-state index in [0.29, 0.717) is 18.3 Å². The number of carboxylic acids is 2. The molecule has 0 aliphatic heterocycles. The molecule has 1 aliphatic carbocycles. The topological polar surface area (TPSA) is 202 Å². The Kier molecular flexibility index (Phi) is 13.5. The van der Waals surface area contributed by atoms with E-state index in [1.807, 2.05) is 0 Å². The predicted molar refractivity (Wildman–Crippen MR) is 131 cm³/mol. The molecule has 5 unspecified atom stereocenters. The van der Waals surface area contributed by atoms with Crippen LogP contribution < -0.4 is 16.4 Å². The van der Waals surface area contributed by atoms with E-state index in [9.17, 15) is 28.8 Å². The molecule has 0 spiro atoms. The lowest BCUT2D eigenvalue weighted by atomic mass is 9.75. The van der Waals surface area contributed by atoms with E-state index in [-0.39, 0.29) is 36.4 Å². The molecule has 12 nitrogen and oxygen atoms in total. The second-order valence-corrected chi connectivity index (χ2v) is 10.5. The first-order chi connectivity index (χ1) is 16.8. The van der Waals surface area contributed by atoms with E-state index in [1.54, 1.807) is 0 Å². The molecular formula is C23H37N3O9S. The molecule has 0 aromatic rings. The van der Waals surface area contributed by atoms with Crippen molar-refractivity contribution >= 4 is 47.3 Å². The molecule has 0 saturated heterocycles. The highest BCUT2D eigenvalue weighted by atomic mass is 32.2. The summed E-state index contributed by atoms with van der Waals surface area (Å²) in [6.45, 7) is 5.51. The Labute approximate surface area is 214 Å². The molecular weight excluding hydrogens is 494 g/mol. The summed E-state index contributed by atoms with van der Waals surface area (Å²) in [5, 5.41) is 22.1. The highest BCUT2D eigenvalue weighted by molar-refractivity contribution is 8.00. The Bertz CT molecular complexity index is 821. The molecule has 13 heteroatoms. The fourth-order valence-electron chi connectivity index (χ4n) is 3.93. The van der Waals surface area contributed by atoms with Crippen LogP contribution in [0.15, 0.2) is 0 Å². The number of esters is 1. The number of ketones is 1. The van der Waals surface area contributed by atoms with E-state index in [0.717, 1.165) is 24.6 Å². The van der Waals surface area contributed by atoms with Crippen molar-refractivity contribution < 1.29 is 43.7 Å². The van der Waals surface area contributed by atoms with Gasteiger partial charge in [0.05, 0.1) is 5.75 Å². The molecule has 2 amide bonds. The smallest absolute Gasteiger partial charge is 0.375 e. The van der Waals surface area contributed by atoms with E-state index >= 15 is 0 Å². The zero-order valence-corrected chi connectivity index (χ0v) is 21.7. The lowest BCUT2D eigenvalue weighted by Gasteiger charge is -2.36. The van der Waals surface area contributed by atoms with Gasteiger partial charge in [0.25, 0.3) is 0 Å². The minimum absolute atomic E-state index is 0.129. The van der Waals surface area contributed by atoms with Crippen LogP contribution in [0.3, 0.4) is 0 Å². The summed E-state index contributed by atoms with van der Waals surface area (Å²) in [7, 11) is 0. The number of Topliss-reactive ketones (excluding diaryl/α,β-unsaturated/α-hetero) is 1. The van der Waals surface area contributed by atoms with Gasteiger partial charge in [-0.1, -0.05) is 27.2 Å². The van der Waals surface area contributed by atoms with Crippen molar-refractivity contribution in [3.05, 3.63) is 0 Å². The lowest BCUT2D eigenvalue weighted by molar-refractivity contribution is -0.162. The van der Waals surface area contributed by atoms with Gasteiger partial charge in [-0.2, -0.15) is 11.8 Å². The quantitative estimate of drug-likeness (QED) is 0.142. The number of aliphatic carboxylic acids is 2. The molecule has 1 aliphatic rings. The summed E-state index contributed by atoms with van der Waals surface area (Å²) in [4.78, 5) is 70.8. The standard InChI is InChI=1S/C23H37N3O9S/c1-12(2)14-5-4-13(3)8-18(14)35-23(34)17(27)11-36-10-16(21(31)25-9-20(29)30)26-19(28)7-6-15(24)22(32)33/h12-16,18H,4-11,24H2,1-3H3,(H,25,31)(H,26,28)(H,29,30)(H,32,33). The summed E-state index contributed by atoms with van der Waals surface area (Å²) in [5.74, 6) is -5.30. The largest absolute Gasteiger partial charge is 0.480 e. The Balaban J connectivity index is 2.65. The van der Waals surface area contributed by atoms with Crippen molar-refractivity contribution in [1.29, 1.82) is 0 Å². The van der Waals surface area contributed by atoms with Gasteiger partial charge >= 0.3 is 17.9 Å². The van der Waals surface area contributed by atoms with Crippen LogP contribution >= 0.6 is 11.8 Å². The molecule has 1 rings (SSSR count). The Hall–Kier alpha value is -2.67. The maximum atomic E-state index is 12.4. The number of nitrogens with one attached hydrogen (secondary N) is 2. The summed E-state index contributed by atoms with van der Waals surface area (Å²) in [6.07, 6.45) is 1.88. The minimum Gasteiger partial charge on any atom is -0.480 e. The molecule has 1 saturated carbocycles. The zero-order chi connectivity index (χ0) is 27.4. The average Bonchev–Trinajstić information content (AvgIpc) is 2.79. The highest BCUT2D eigenvalue weighted by Gasteiger charge is 2.34. The van der Waals surface area contributed by atoms with E-state index in [2.05, 4.69) is 31.4 Å². The number of hydrogen-bond donors (Lipinski definition) is 5. The van der Waals surface area contributed by atoms with Gasteiger partial charge in [-0.05, 0) is 37.0 Å². The average molecular weight is 532 g/mol. The van der Waals surface area contributed by atoms with E-state index in [1.165, 1.54) is 0 Å². The number of amides is 2. The molecule has 204 valence electrons. The van der Waals surface area contributed by atoms with Gasteiger partial charge in [0.15, 0.2) is 0 Å². The van der Waals surface area contributed by atoms with Crippen LogP contribution in [0.1, 0.15) is 52.9 Å². The van der Waals surface area contributed by atoms with Gasteiger partial charge in [-0.25, -0.2) is 4.79 Å². The third-order valence-electron chi connectivity index (χ3n) is 6.03. The van der Waals surface area contributed by atoms with Gasteiger partial charge < -0.3 is 31.3 Å². The van der Waals surface area contributed by atoms with Crippen LogP contribution in [-0.2, 0) is 33.5 Å². The zero-order valence-electron chi connectivity index (χ0n) is 20.9. The number of nitrogens with two attached hydrogens (primary N) is 1. The van der Waals surface area contributed by atoms with Gasteiger partial charge in [0, 0.05) is 12.2 Å². The van der Waals surface area contributed by atoms with Gasteiger partial charge in [-0.15, -0.1) is 0 Å². The van der Waals surface area contributed by atoms with Crippen LogP contribution in [0.25, 0.3) is 0 Å². The van der Waals surface area contributed by atoms with E-state index in [4.69, 9.17) is 20.7 Å². The number of ether oxygens (including phenoxy) is 1. The summed E-state index contributed by atoms with van der Waals surface area (Å²) < 4.78 is 5.53. The summed E-state index contributed by atoms with van der Waals surface area (Å²) >= 11 is 0.909. The van der Waals surface area contributed by atoms with Gasteiger partial charge in [0.1, 0.15) is 24.7 Å². The van der Waals surface area contributed by atoms with Crippen molar-refractivity contribution in [2.24, 2.45) is 23.5 Å². The molecule has 0 aromatic heterocycles. The first-order valence-corrected chi connectivity index (χ1v) is 13.1. The van der Waals surface area contributed by atoms with Gasteiger partial charge in [-0.3, -0.25) is 24.0 Å².